The highest BCUT2D eigenvalue weighted by molar-refractivity contribution is 5.79. The molecule has 0 N–H and O–H groups in total. The molecule has 33 heavy (non-hydrogen) atoms. The van der Waals surface area contributed by atoms with E-state index in [1.807, 2.05) is 18.2 Å². The fourth-order valence-electron chi connectivity index (χ4n) is 4.33. The summed E-state index contributed by atoms with van der Waals surface area (Å²) in [5, 5.41) is 2.46. The summed E-state index contributed by atoms with van der Waals surface area (Å²) in [5.41, 5.74) is 6.31. The second-order valence-corrected chi connectivity index (χ2v) is 8.66. The highest BCUT2D eigenvalue weighted by Crippen LogP contribution is 2.34. The molecule has 0 fully saturated rings. The van der Waals surface area contributed by atoms with E-state index in [9.17, 15) is 9.70 Å². The van der Waals surface area contributed by atoms with Gasteiger partial charge in [0, 0.05) is 35.8 Å². The average molecular weight is 443 g/mol. The Hall–Kier alpha value is -3.41. The maximum atomic E-state index is 11.0. The van der Waals surface area contributed by atoms with E-state index < -0.39 is 5.91 Å². The third-order valence-corrected chi connectivity index (χ3v) is 6.13. The molecule has 0 atom stereocenters. The summed E-state index contributed by atoms with van der Waals surface area (Å²) < 4.78 is 0. The molecule has 170 valence electrons. The number of aromatic nitrogens is 2. The minimum Gasteiger partial charge on any atom is -0.355 e. The van der Waals surface area contributed by atoms with Gasteiger partial charge in [0.1, 0.15) is 0 Å². The molecule has 0 radical (unpaired) electrons. The number of nitrogens with zero attached hydrogens (tertiary/aromatic N) is 4. The molecule has 0 saturated carbocycles. The van der Waals surface area contributed by atoms with Crippen molar-refractivity contribution in [3.05, 3.63) is 70.8 Å². The van der Waals surface area contributed by atoms with Crippen LogP contribution < -0.4 is 4.90 Å². The summed E-state index contributed by atoms with van der Waals surface area (Å²) in [4.78, 5) is 33.9. The zero-order valence-electron chi connectivity index (χ0n) is 19.2. The van der Waals surface area contributed by atoms with E-state index in [1.54, 1.807) is 0 Å². The van der Waals surface area contributed by atoms with Gasteiger partial charge in [0.25, 0.3) is 5.91 Å². The van der Waals surface area contributed by atoms with E-state index in [0.29, 0.717) is 0 Å². The van der Waals surface area contributed by atoms with Crippen molar-refractivity contribution in [1.29, 1.82) is 0 Å². The molecule has 1 amide bonds. The summed E-state index contributed by atoms with van der Waals surface area (Å²) in [6, 6.07) is 18.8. The lowest BCUT2D eigenvalue weighted by Crippen LogP contribution is -2.32. The van der Waals surface area contributed by atoms with Gasteiger partial charge in [-0.15, -0.1) is 4.91 Å². The molecular weight excluding hydrogens is 412 g/mol. The summed E-state index contributed by atoms with van der Waals surface area (Å²) in [6.45, 7) is 3.99. The van der Waals surface area contributed by atoms with Crippen LogP contribution in [0.2, 0.25) is 0 Å². The van der Waals surface area contributed by atoms with Crippen LogP contribution in [0.5, 0.6) is 0 Å². The average Bonchev–Trinajstić information content (AvgIpc) is 2.86. The molecule has 0 saturated heterocycles. The molecule has 1 aliphatic rings. The zero-order valence-corrected chi connectivity index (χ0v) is 19.2. The standard InChI is InChI=1S/C27H30N4O2/c1-20-14-16-22(17-15-20)26-25(21-10-5-4-6-11-21)28-23-12-9-19-31(27(23)29-26)18-8-3-2-7-13-24(32)30-33/h4-6,10-11,14-17H,2-3,7-9,12-13,18-19H2,1H3. The Morgan fingerprint density at radius 3 is 2.36 bits per heavy atom. The molecule has 0 spiro atoms. The predicted molar refractivity (Wildman–Crippen MR) is 132 cm³/mol. The number of nitroso groups, excluding NO2 is 1. The molecule has 6 nitrogen and oxygen atoms in total. The molecule has 1 aromatic heterocycles. The van der Waals surface area contributed by atoms with Gasteiger partial charge in [0.05, 0.1) is 17.1 Å². The number of hydrogen-bond donors (Lipinski definition) is 0. The highest BCUT2D eigenvalue weighted by Gasteiger charge is 2.23. The SMILES string of the molecule is Cc1ccc(-c2nc3c(nc2-c2ccccc2)CCCN3CCCCCCC(=O)N=O)cc1. The number of amides is 1. The van der Waals surface area contributed by atoms with Gasteiger partial charge in [0.15, 0.2) is 5.82 Å². The van der Waals surface area contributed by atoms with Crippen LogP contribution in [0.3, 0.4) is 0 Å². The summed E-state index contributed by atoms with van der Waals surface area (Å²) in [5.74, 6) is 0.449. The number of anilines is 1. The second-order valence-electron chi connectivity index (χ2n) is 8.66. The van der Waals surface area contributed by atoms with E-state index in [2.05, 4.69) is 53.4 Å². The van der Waals surface area contributed by atoms with Crippen molar-refractivity contribution in [3.63, 3.8) is 0 Å². The second kappa shape index (κ2) is 10.9. The van der Waals surface area contributed by atoms with E-state index in [1.165, 1.54) is 5.56 Å². The van der Waals surface area contributed by atoms with Gasteiger partial charge in [0.2, 0.25) is 0 Å². The van der Waals surface area contributed by atoms with Crippen LogP contribution in [0.25, 0.3) is 22.5 Å². The van der Waals surface area contributed by atoms with Crippen LogP contribution in [0, 0.1) is 11.8 Å². The number of aryl methyl sites for hydroxylation is 2. The topological polar surface area (TPSA) is 75.5 Å². The van der Waals surface area contributed by atoms with Crippen molar-refractivity contribution in [1.82, 2.24) is 9.97 Å². The lowest BCUT2D eigenvalue weighted by atomic mass is 10.0. The predicted octanol–water partition coefficient (Wildman–Crippen LogP) is 6.12. The summed E-state index contributed by atoms with van der Waals surface area (Å²) >= 11 is 0. The molecule has 1 aliphatic heterocycles. The van der Waals surface area contributed by atoms with Gasteiger partial charge < -0.3 is 4.90 Å². The first kappa shape index (κ1) is 22.8. The van der Waals surface area contributed by atoms with Gasteiger partial charge in [-0.3, -0.25) is 4.79 Å². The van der Waals surface area contributed by atoms with Crippen molar-refractivity contribution in [3.8, 4) is 22.5 Å². The fraction of sp³-hybridized carbons (Fsp3) is 0.370. The zero-order chi connectivity index (χ0) is 23.0. The van der Waals surface area contributed by atoms with Crippen LogP contribution in [0.1, 0.15) is 49.8 Å². The van der Waals surface area contributed by atoms with Crippen LogP contribution >= 0.6 is 0 Å². The normalized spacial score (nSPS) is 12.9. The highest BCUT2D eigenvalue weighted by atomic mass is 16.3. The number of carbonyl (C=O) groups excluding carboxylic acids is 1. The van der Waals surface area contributed by atoms with Crippen LogP contribution in [0.4, 0.5) is 5.82 Å². The number of benzene rings is 2. The monoisotopic (exact) mass is 442 g/mol. The molecule has 0 bridgehead atoms. The Labute approximate surface area is 195 Å². The smallest absolute Gasteiger partial charge is 0.286 e. The van der Waals surface area contributed by atoms with Crippen LogP contribution in [-0.4, -0.2) is 29.0 Å². The lowest BCUT2D eigenvalue weighted by molar-refractivity contribution is -0.118. The van der Waals surface area contributed by atoms with Crippen LogP contribution in [-0.2, 0) is 11.2 Å². The molecule has 2 aromatic carbocycles. The van der Waals surface area contributed by atoms with Gasteiger partial charge in [-0.05, 0) is 32.6 Å². The first-order valence-corrected chi connectivity index (χ1v) is 11.8. The molecule has 2 heterocycles. The fourth-order valence-corrected chi connectivity index (χ4v) is 4.33. The largest absolute Gasteiger partial charge is 0.355 e. The van der Waals surface area contributed by atoms with Gasteiger partial charge in [-0.25, -0.2) is 9.97 Å². The Balaban J connectivity index is 1.56. The van der Waals surface area contributed by atoms with Gasteiger partial charge in [-0.2, -0.15) is 0 Å². The molecule has 0 unspecified atom stereocenters. The van der Waals surface area contributed by atoms with E-state index in [-0.39, 0.29) is 6.42 Å². The molecular formula is C27H30N4O2. The molecule has 4 rings (SSSR count). The number of rotatable bonds is 9. The molecule has 6 heteroatoms. The maximum absolute atomic E-state index is 11.0. The summed E-state index contributed by atoms with van der Waals surface area (Å²) in [7, 11) is 0. The Bertz CT molecular complexity index is 1100. The minimum absolute atomic E-state index is 0.254. The Kier molecular flexibility index (Phi) is 7.55. The van der Waals surface area contributed by atoms with Crippen molar-refractivity contribution in [2.45, 2.75) is 51.9 Å². The lowest BCUT2D eigenvalue weighted by Gasteiger charge is -2.30. The van der Waals surface area contributed by atoms with Gasteiger partial charge >= 0.3 is 0 Å². The molecule has 0 aliphatic carbocycles. The van der Waals surface area contributed by atoms with E-state index in [4.69, 9.17) is 9.97 Å². The van der Waals surface area contributed by atoms with Crippen molar-refractivity contribution < 1.29 is 4.79 Å². The quantitative estimate of drug-likeness (QED) is 0.295. The number of carbonyl (C=O) groups is 1. The summed E-state index contributed by atoms with van der Waals surface area (Å²) in [6.07, 6.45) is 5.94. The minimum atomic E-state index is -0.548. The van der Waals surface area contributed by atoms with Crippen molar-refractivity contribution in [2.75, 3.05) is 18.0 Å². The van der Waals surface area contributed by atoms with E-state index >= 15 is 0 Å². The third-order valence-electron chi connectivity index (χ3n) is 6.13. The maximum Gasteiger partial charge on any atom is 0.286 e. The number of fused-ring (bicyclic) bond motifs is 1. The Morgan fingerprint density at radius 1 is 0.909 bits per heavy atom. The number of unbranched alkanes of at least 4 members (excludes halogenated alkanes) is 3. The third kappa shape index (κ3) is 5.69. The van der Waals surface area contributed by atoms with Crippen molar-refractivity contribution >= 4 is 11.7 Å². The van der Waals surface area contributed by atoms with Crippen LogP contribution in [0.15, 0.2) is 59.8 Å². The first-order valence-electron chi connectivity index (χ1n) is 11.8. The molecule has 3 aromatic rings. The Morgan fingerprint density at radius 2 is 1.61 bits per heavy atom. The first-order chi connectivity index (χ1) is 16.2. The van der Waals surface area contributed by atoms with Gasteiger partial charge in [-0.1, -0.05) is 73.0 Å². The van der Waals surface area contributed by atoms with Crippen molar-refractivity contribution in [2.24, 2.45) is 5.18 Å². The number of hydrogen-bond acceptors (Lipinski definition) is 5. The van der Waals surface area contributed by atoms with E-state index in [0.717, 1.165) is 85.6 Å².